The van der Waals surface area contributed by atoms with Crippen LogP contribution in [0.2, 0.25) is 0 Å². The largest absolute Gasteiger partial charge is 0.508 e. The lowest BCUT2D eigenvalue weighted by Crippen LogP contribution is -2.71. The fraction of sp³-hybridized carbons (Fsp3) is 0.469. The number of rotatable bonds is 23. The minimum atomic E-state index is -1.76. The number of ether oxygens (including phenoxy) is 5. The van der Waals surface area contributed by atoms with Crippen molar-refractivity contribution in [3.05, 3.63) is 70.4 Å². The van der Waals surface area contributed by atoms with E-state index in [1.807, 2.05) is 0 Å². The van der Waals surface area contributed by atoms with Crippen LogP contribution in [-0.2, 0) is 28.5 Å². The Labute approximate surface area is 475 Å². The number of phenolic OH excluding ortho intramolecular Hbond substituents is 1. The van der Waals surface area contributed by atoms with Gasteiger partial charge in [-0.05, 0) is 48.4 Å². The van der Waals surface area contributed by atoms with Gasteiger partial charge >= 0.3 is 5.97 Å². The monoisotopic (exact) mass is 1180 g/mol. The molecule has 82 heavy (non-hydrogen) atoms. The molecule has 3 heterocycles. The second-order valence-electron chi connectivity index (χ2n) is 19.3. The number of nitrogens with two attached hydrogens (primary N) is 5. The molecule has 0 radical (unpaired) electrons. The first-order valence-corrected chi connectivity index (χ1v) is 27.7. The first kappa shape index (κ1) is 62.2. The van der Waals surface area contributed by atoms with E-state index in [0.717, 1.165) is 0 Å². The van der Waals surface area contributed by atoms with E-state index in [1.165, 1.54) is 59.9 Å². The highest BCUT2D eigenvalue weighted by Crippen LogP contribution is 2.43. The topological polar surface area (TPSA) is 553 Å². The number of thioether (sulfide) groups is 2. The number of aliphatic hydroxyl groups excluding tert-OH is 4. The van der Waals surface area contributed by atoms with Crippen LogP contribution < -0.4 is 66.0 Å². The Hall–Kier alpha value is -7.44. The summed E-state index contributed by atoms with van der Waals surface area (Å²) < 4.78 is 36.6. The van der Waals surface area contributed by atoms with Crippen molar-refractivity contribution in [2.24, 2.45) is 28.7 Å². The van der Waals surface area contributed by atoms with E-state index < -0.39 is 127 Å². The lowest BCUT2D eigenvalue weighted by Gasteiger charge is -2.50. The Morgan fingerprint density at radius 2 is 1.30 bits per heavy atom. The molecule has 0 aromatic heterocycles. The summed E-state index contributed by atoms with van der Waals surface area (Å²) >= 11 is 2.57. The summed E-state index contributed by atoms with van der Waals surface area (Å²) in [5, 5.41) is 122. The van der Waals surface area contributed by atoms with Gasteiger partial charge in [-0.3, -0.25) is 36.6 Å². The number of carboxylic acids is 1. The Kier molecular flexibility index (Phi) is 21.2. The molecule has 2 saturated heterocycles. The first-order valence-electron chi connectivity index (χ1n) is 25.4. The normalized spacial score (nSPS) is 27.2. The molecule has 27 N–H and O–H groups in total. The number of carbonyl (C=O) groups excluding carboxylic acids is 1. The predicted octanol–water partition coefficient (Wildman–Crippen LogP) is -3.26. The number of aliphatic hydroxyl groups is 4. The average molecular weight is 1190 g/mol. The molecular weight excluding hydrogens is 1120 g/mol. The number of anilines is 1. The third-order valence-electron chi connectivity index (χ3n) is 13.4. The molecule has 2 aromatic rings. The van der Waals surface area contributed by atoms with Crippen molar-refractivity contribution in [1.82, 2.24) is 26.6 Å². The number of guanidine groups is 5. The van der Waals surface area contributed by atoms with Gasteiger partial charge in [-0.25, -0.2) is 4.79 Å². The van der Waals surface area contributed by atoms with Crippen molar-refractivity contribution in [2.75, 3.05) is 48.1 Å². The molecule has 14 unspecified atom stereocenters. The smallest absolute Gasteiger partial charge is 0.336 e. The van der Waals surface area contributed by atoms with Crippen molar-refractivity contribution in [3.63, 3.8) is 0 Å². The molecule has 33 heteroatoms. The van der Waals surface area contributed by atoms with Crippen molar-refractivity contribution >= 4 is 81.9 Å². The van der Waals surface area contributed by atoms with E-state index in [-0.39, 0.29) is 77.9 Å². The standard InChI is InChI=1S/C49H68N16O15S2/c50-45(51)60-16-32-29(68)15-28(64-48(56)57)43(77-32)79-40-26(62-46(52)53)14-27(63-47(54)55)41(39(40)72)80-44-38(71)36(65-49(58)59)37(70)33(78-44)17-81-9-7-75-8-10-82-18-34(69)61-19-1-4-22(25(11-19)42(73)74)35-23-5-2-20(66)12-30(23)76-31-13-21(67)3-6-24(31)35/h1-6,11-13,26-29,32-33,36-41,43-44,66,68,70-72H,7-10,14-18H2,(H,61,69)(H,73,74)(H4,50,51,60)(H4,52,53,62)(H4,54,55,63)(H4,56,57,64)(H4,58,59,65). The van der Waals surface area contributed by atoms with Crippen molar-refractivity contribution in [3.8, 4) is 28.2 Å². The molecule has 1 saturated carbocycles. The predicted molar refractivity (Wildman–Crippen MR) is 303 cm³/mol. The zero-order valence-corrected chi connectivity index (χ0v) is 45.3. The highest BCUT2D eigenvalue weighted by atomic mass is 32.2. The van der Waals surface area contributed by atoms with Crippen LogP contribution in [0, 0.1) is 27.0 Å². The molecule has 3 aliphatic heterocycles. The average Bonchev–Trinajstić information content (AvgIpc) is 3.59. The minimum absolute atomic E-state index is 0.00770. The van der Waals surface area contributed by atoms with Gasteiger partial charge in [0.1, 0.15) is 53.7 Å². The zero-order chi connectivity index (χ0) is 59.5. The van der Waals surface area contributed by atoms with E-state index in [2.05, 4.69) is 31.9 Å². The number of hydrogen-bond donors (Lipinski definition) is 22. The van der Waals surface area contributed by atoms with E-state index in [4.69, 9.17) is 83.8 Å². The summed E-state index contributed by atoms with van der Waals surface area (Å²) in [4.78, 5) is 37.8. The van der Waals surface area contributed by atoms with Gasteiger partial charge in [-0.15, -0.1) is 11.8 Å². The Morgan fingerprint density at radius 3 is 1.95 bits per heavy atom. The Bertz CT molecular complexity index is 3000. The van der Waals surface area contributed by atoms with Gasteiger partial charge in [0.25, 0.3) is 0 Å². The molecular formula is C49H68N16O15S2. The third kappa shape index (κ3) is 16.0. The quantitative estimate of drug-likeness (QED) is 0.0150. The van der Waals surface area contributed by atoms with Gasteiger partial charge in [0, 0.05) is 64.6 Å². The molecule has 2 aliphatic carbocycles. The summed E-state index contributed by atoms with van der Waals surface area (Å²) in [6.07, 6.45) is -14.4. The number of aromatic carboxylic acids is 1. The number of amides is 1. The number of benzene rings is 3. The Balaban J connectivity index is 0.937. The Morgan fingerprint density at radius 1 is 0.683 bits per heavy atom. The minimum Gasteiger partial charge on any atom is -0.508 e. The summed E-state index contributed by atoms with van der Waals surface area (Å²) in [5.74, 6) is -3.27. The van der Waals surface area contributed by atoms with Gasteiger partial charge in [-0.2, -0.15) is 11.8 Å². The van der Waals surface area contributed by atoms with Crippen LogP contribution in [0.25, 0.3) is 33.4 Å². The number of nitrogens with one attached hydrogen (secondary N) is 11. The van der Waals surface area contributed by atoms with E-state index in [0.29, 0.717) is 33.6 Å². The summed E-state index contributed by atoms with van der Waals surface area (Å²) in [6, 6.07) is 8.55. The van der Waals surface area contributed by atoms with Crippen LogP contribution in [-0.4, -0.2) is 201 Å². The first-order chi connectivity index (χ1) is 39.0. The summed E-state index contributed by atoms with van der Waals surface area (Å²) in [6.45, 7) is 0.337. The lowest BCUT2D eigenvalue weighted by atomic mass is 9.83. The maximum absolute atomic E-state index is 13.0. The van der Waals surface area contributed by atoms with Gasteiger partial charge in [0.2, 0.25) is 5.91 Å². The summed E-state index contributed by atoms with van der Waals surface area (Å²) in [5.41, 5.74) is 29.5. The number of fused-ring (bicyclic) bond motifs is 2. The van der Waals surface area contributed by atoms with E-state index in [9.17, 15) is 45.0 Å². The third-order valence-corrected chi connectivity index (χ3v) is 15.3. The number of aromatic hydroxyl groups is 1. The van der Waals surface area contributed by atoms with Crippen LogP contribution in [0.1, 0.15) is 23.2 Å². The van der Waals surface area contributed by atoms with Crippen LogP contribution >= 0.6 is 23.5 Å². The van der Waals surface area contributed by atoms with Crippen molar-refractivity contribution < 1.29 is 68.3 Å². The molecule has 5 aliphatic rings. The zero-order valence-electron chi connectivity index (χ0n) is 43.7. The molecule has 0 spiro atoms. The number of carbonyl (C=O) groups is 2. The fourth-order valence-corrected chi connectivity index (χ4v) is 11.4. The van der Waals surface area contributed by atoms with Crippen LogP contribution in [0.15, 0.2) is 63.8 Å². The van der Waals surface area contributed by atoms with E-state index in [1.54, 1.807) is 18.2 Å². The summed E-state index contributed by atoms with van der Waals surface area (Å²) in [7, 11) is 0. The molecule has 3 fully saturated rings. The second-order valence-corrected chi connectivity index (χ2v) is 21.6. The van der Waals surface area contributed by atoms with Gasteiger partial charge in [0.05, 0.1) is 60.9 Å². The molecule has 446 valence electrons. The highest BCUT2D eigenvalue weighted by molar-refractivity contribution is 8.00. The maximum atomic E-state index is 13.0. The SMILES string of the molecule is N=C(N)NCC1OC(OC2C(NC(=N)N)CC(NC(=N)N)C(OC3OC(CSCCOCCSCC(=O)Nc4ccc(-c5c6ccc(=O)cc-6oc6cc(O)ccc56)c(C(=O)O)c4)C(O)C(NC(=N)N)C3O)C2O)C(NC(=N)N)CC1O. The van der Waals surface area contributed by atoms with Gasteiger partial charge < -0.3 is 119 Å². The number of phenols is 1. The highest BCUT2D eigenvalue weighted by Gasteiger charge is 2.53. The fourth-order valence-electron chi connectivity index (χ4n) is 9.88. The molecule has 2 aromatic carbocycles. The molecule has 31 nitrogen and oxygen atoms in total. The number of carboxylic acid groups (broad SMARTS) is 1. The molecule has 7 rings (SSSR count). The maximum Gasteiger partial charge on any atom is 0.336 e. The van der Waals surface area contributed by atoms with Crippen LogP contribution in [0.4, 0.5) is 5.69 Å². The van der Waals surface area contributed by atoms with Gasteiger partial charge in [0.15, 0.2) is 47.8 Å². The van der Waals surface area contributed by atoms with E-state index >= 15 is 0 Å². The van der Waals surface area contributed by atoms with Gasteiger partial charge in [-0.1, -0.05) is 6.07 Å². The van der Waals surface area contributed by atoms with Crippen molar-refractivity contribution in [2.45, 2.75) is 98.4 Å². The van der Waals surface area contributed by atoms with Crippen molar-refractivity contribution in [1.29, 1.82) is 27.0 Å². The second kappa shape index (κ2) is 28.0. The lowest BCUT2D eigenvalue weighted by molar-refractivity contribution is -0.312. The number of hydrogen-bond acceptors (Lipinski definition) is 21. The van der Waals surface area contributed by atoms with Crippen LogP contribution in [0.3, 0.4) is 0 Å². The van der Waals surface area contributed by atoms with Crippen LogP contribution in [0.5, 0.6) is 5.75 Å². The molecule has 14 atom stereocenters. The molecule has 0 bridgehead atoms. The molecule has 1 amide bonds.